The van der Waals surface area contributed by atoms with Crippen LogP contribution in [-0.2, 0) is 14.3 Å². The van der Waals surface area contributed by atoms with E-state index in [2.05, 4.69) is 11.9 Å². The second-order valence-electron chi connectivity index (χ2n) is 4.90. The lowest BCUT2D eigenvalue weighted by Gasteiger charge is -2.31. The Morgan fingerprint density at radius 2 is 2.22 bits per heavy atom. The van der Waals surface area contributed by atoms with E-state index < -0.39 is 0 Å². The van der Waals surface area contributed by atoms with Crippen LogP contribution in [0.3, 0.4) is 0 Å². The molecule has 2 aliphatic heterocycles. The summed E-state index contributed by atoms with van der Waals surface area (Å²) in [6.45, 7) is 6.03. The molecule has 2 heterocycles. The van der Waals surface area contributed by atoms with Crippen LogP contribution in [-0.4, -0.2) is 49.1 Å². The van der Waals surface area contributed by atoms with Gasteiger partial charge in [-0.25, -0.2) is 0 Å². The normalized spacial score (nSPS) is 27.9. The average Bonchev–Trinajstić information content (AvgIpc) is 2.90. The molecule has 2 atom stereocenters. The van der Waals surface area contributed by atoms with Crippen molar-refractivity contribution in [2.45, 2.75) is 25.3 Å². The van der Waals surface area contributed by atoms with Crippen molar-refractivity contribution in [2.24, 2.45) is 5.92 Å². The highest BCUT2D eigenvalue weighted by atomic mass is 16.5. The van der Waals surface area contributed by atoms with Crippen molar-refractivity contribution in [1.82, 2.24) is 10.2 Å². The maximum atomic E-state index is 12.1. The Morgan fingerprint density at radius 1 is 1.39 bits per heavy atom. The van der Waals surface area contributed by atoms with Gasteiger partial charge in [0.05, 0.1) is 18.6 Å². The predicted octanol–water partition coefficient (Wildman–Crippen LogP) is 0.316. The van der Waals surface area contributed by atoms with Gasteiger partial charge >= 0.3 is 0 Å². The summed E-state index contributed by atoms with van der Waals surface area (Å²) < 4.78 is 5.23. The number of nitrogens with one attached hydrogen (secondary N) is 1. The standard InChI is InChI=1S/C13H20N2O3/c1-2-12(16)15-6-3-4-10(8-15)13(17)14-11-5-7-18-9-11/h2,10-11H,1,3-9H2,(H,14,17). The number of likely N-dealkylation sites (tertiary alicyclic amines) is 1. The van der Waals surface area contributed by atoms with Crippen LogP contribution in [0.2, 0.25) is 0 Å². The van der Waals surface area contributed by atoms with E-state index in [1.807, 2.05) is 0 Å². The second kappa shape index (κ2) is 6.00. The zero-order chi connectivity index (χ0) is 13.0. The lowest BCUT2D eigenvalue weighted by Crippen LogP contribution is -2.47. The molecule has 2 fully saturated rings. The van der Waals surface area contributed by atoms with Gasteiger partial charge < -0.3 is 15.0 Å². The van der Waals surface area contributed by atoms with Crippen molar-refractivity contribution >= 4 is 11.8 Å². The Morgan fingerprint density at radius 3 is 2.89 bits per heavy atom. The van der Waals surface area contributed by atoms with Gasteiger partial charge in [-0.05, 0) is 25.3 Å². The van der Waals surface area contributed by atoms with Crippen molar-refractivity contribution in [3.63, 3.8) is 0 Å². The summed E-state index contributed by atoms with van der Waals surface area (Å²) in [6, 6.07) is 0.142. The van der Waals surface area contributed by atoms with Crippen molar-refractivity contribution in [3.05, 3.63) is 12.7 Å². The number of hydrogen-bond donors (Lipinski definition) is 1. The Hall–Kier alpha value is -1.36. The van der Waals surface area contributed by atoms with E-state index >= 15 is 0 Å². The summed E-state index contributed by atoms with van der Waals surface area (Å²) in [5.41, 5.74) is 0. The van der Waals surface area contributed by atoms with Gasteiger partial charge in [0.1, 0.15) is 0 Å². The van der Waals surface area contributed by atoms with Gasteiger partial charge in [-0.3, -0.25) is 9.59 Å². The minimum Gasteiger partial charge on any atom is -0.379 e. The van der Waals surface area contributed by atoms with Crippen LogP contribution in [0.25, 0.3) is 0 Å². The zero-order valence-electron chi connectivity index (χ0n) is 10.6. The van der Waals surface area contributed by atoms with Crippen molar-refractivity contribution in [1.29, 1.82) is 0 Å². The Labute approximate surface area is 107 Å². The van der Waals surface area contributed by atoms with Crippen molar-refractivity contribution in [2.75, 3.05) is 26.3 Å². The third-order valence-electron chi connectivity index (χ3n) is 3.55. The fraction of sp³-hybridized carbons (Fsp3) is 0.692. The number of amides is 2. The first kappa shape index (κ1) is 13.1. The fourth-order valence-corrected chi connectivity index (χ4v) is 2.49. The molecule has 1 N–H and O–H groups in total. The highest BCUT2D eigenvalue weighted by molar-refractivity contribution is 5.88. The van der Waals surface area contributed by atoms with Gasteiger partial charge in [0.15, 0.2) is 0 Å². The predicted molar refractivity (Wildman–Crippen MR) is 66.9 cm³/mol. The summed E-state index contributed by atoms with van der Waals surface area (Å²) in [5, 5.41) is 3.00. The van der Waals surface area contributed by atoms with Crippen molar-refractivity contribution < 1.29 is 14.3 Å². The second-order valence-corrected chi connectivity index (χ2v) is 4.90. The zero-order valence-corrected chi connectivity index (χ0v) is 10.6. The number of hydrogen-bond acceptors (Lipinski definition) is 3. The molecule has 5 heteroatoms. The van der Waals surface area contributed by atoms with Crippen LogP contribution in [0.15, 0.2) is 12.7 Å². The first-order valence-electron chi connectivity index (χ1n) is 6.50. The van der Waals surface area contributed by atoms with E-state index in [9.17, 15) is 9.59 Å². The summed E-state index contributed by atoms with van der Waals surface area (Å²) in [4.78, 5) is 25.3. The van der Waals surface area contributed by atoms with Gasteiger partial charge in [-0.15, -0.1) is 0 Å². The van der Waals surface area contributed by atoms with Crippen LogP contribution in [0.5, 0.6) is 0 Å². The van der Waals surface area contributed by atoms with Gasteiger partial charge in [-0.2, -0.15) is 0 Å². The molecule has 0 radical (unpaired) electrons. The Kier molecular flexibility index (Phi) is 4.36. The number of rotatable bonds is 3. The number of carbonyl (C=O) groups excluding carboxylic acids is 2. The molecule has 0 bridgehead atoms. The molecular formula is C13H20N2O3. The maximum absolute atomic E-state index is 12.1. The smallest absolute Gasteiger partial charge is 0.245 e. The Bertz CT molecular complexity index is 337. The maximum Gasteiger partial charge on any atom is 0.245 e. The number of nitrogens with zero attached hydrogens (tertiary/aromatic N) is 1. The third kappa shape index (κ3) is 3.10. The van der Waals surface area contributed by atoms with Gasteiger partial charge in [0, 0.05) is 19.7 Å². The summed E-state index contributed by atoms with van der Waals surface area (Å²) in [7, 11) is 0. The molecule has 2 saturated heterocycles. The molecular weight excluding hydrogens is 232 g/mol. The summed E-state index contributed by atoms with van der Waals surface area (Å²) in [6.07, 6.45) is 3.91. The van der Waals surface area contributed by atoms with Crippen LogP contribution < -0.4 is 5.32 Å². The molecule has 2 aliphatic rings. The quantitative estimate of drug-likeness (QED) is 0.736. The van der Waals surface area contributed by atoms with E-state index in [0.29, 0.717) is 13.2 Å². The van der Waals surface area contributed by atoms with Crippen molar-refractivity contribution in [3.8, 4) is 0 Å². The summed E-state index contributed by atoms with van der Waals surface area (Å²) >= 11 is 0. The SMILES string of the molecule is C=CC(=O)N1CCCC(C(=O)NC2CCOC2)C1. The highest BCUT2D eigenvalue weighted by Gasteiger charge is 2.29. The van der Waals surface area contributed by atoms with E-state index in [0.717, 1.165) is 32.4 Å². The Balaban J connectivity index is 1.85. The lowest BCUT2D eigenvalue weighted by atomic mass is 9.96. The molecule has 0 aliphatic carbocycles. The minimum absolute atomic E-state index is 0.0482. The molecule has 0 spiro atoms. The van der Waals surface area contributed by atoms with Crippen LogP contribution in [0.1, 0.15) is 19.3 Å². The molecule has 5 nitrogen and oxygen atoms in total. The van der Waals surface area contributed by atoms with E-state index in [-0.39, 0.29) is 23.8 Å². The van der Waals surface area contributed by atoms with Crippen LogP contribution in [0, 0.1) is 5.92 Å². The number of piperidine rings is 1. The first-order valence-corrected chi connectivity index (χ1v) is 6.50. The summed E-state index contributed by atoms with van der Waals surface area (Å²) in [5.74, 6) is -0.132. The minimum atomic E-state index is -0.0942. The molecule has 2 unspecified atom stereocenters. The molecule has 0 saturated carbocycles. The van der Waals surface area contributed by atoms with Gasteiger partial charge in [0.2, 0.25) is 11.8 Å². The lowest BCUT2D eigenvalue weighted by molar-refractivity contribution is -0.132. The third-order valence-corrected chi connectivity index (χ3v) is 3.55. The molecule has 0 aromatic rings. The molecule has 100 valence electrons. The number of carbonyl (C=O) groups is 2. The molecule has 2 amide bonds. The van der Waals surface area contributed by atoms with Crippen LogP contribution >= 0.6 is 0 Å². The average molecular weight is 252 g/mol. The van der Waals surface area contributed by atoms with E-state index in [1.165, 1.54) is 6.08 Å². The molecule has 0 aromatic carbocycles. The van der Waals surface area contributed by atoms with E-state index in [1.54, 1.807) is 4.90 Å². The fourth-order valence-electron chi connectivity index (χ4n) is 2.49. The highest BCUT2D eigenvalue weighted by Crippen LogP contribution is 2.17. The van der Waals surface area contributed by atoms with Gasteiger partial charge in [-0.1, -0.05) is 6.58 Å². The largest absolute Gasteiger partial charge is 0.379 e. The van der Waals surface area contributed by atoms with Crippen LogP contribution in [0.4, 0.5) is 0 Å². The van der Waals surface area contributed by atoms with Gasteiger partial charge in [0.25, 0.3) is 0 Å². The molecule has 0 aromatic heterocycles. The molecule has 18 heavy (non-hydrogen) atoms. The first-order chi connectivity index (χ1) is 8.70. The number of ether oxygens (including phenoxy) is 1. The van der Waals surface area contributed by atoms with E-state index in [4.69, 9.17) is 4.74 Å². The monoisotopic (exact) mass is 252 g/mol. The topological polar surface area (TPSA) is 58.6 Å². The molecule has 2 rings (SSSR count).